The van der Waals surface area contributed by atoms with Gasteiger partial charge in [0.05, 0.1) is 11.5 Å². The Labute approximate surface area is 106 Å². The standard InChI is InChI=1S/C10H18N2O3S2/c1-3-15-5-4-12(2)17(13,14)10-6-9(7-11)16-8-10/h6,8H,3-5,7,11H2,1-2H3. The largest absolute Gasteiger partial charge is 0.380 e. The summed E-state index contributed by atoms with van der Waals surface area (Å²) in [5.74, 6) is 0. The first-order valence-corrected chi connectivity index (χ1v) is 7.66. The molecule has 0 saturated heterocycles. The van der Waals surface area contributed by atoms with Gasteiger partial charge in [0.2, 0.25) is 10.0 Å². The Hall–Kier alpha value is -0.470. The van der Waals surface area contributed by atoms with Gasteiger partial charge in [0.25, 0.3) is 0 Å². The number of ether oxygens (including phenoxy) is 1. The fraction of sp³-hybridized carbons (Fsp3) is 0.600. The van der Waals surface area contributed by atoms with Crippen LogP contribution in [0.1, 0.15) is 11.8 Å². The highest BCUT2D eigenvalue weighted by Gasteiger charge is 2.21. The van der Waals surface area contributed by atoms with Gasteiger partial charge in [0.1, 0.15) is 0 Å². The van der Waals surface area contributed by atoms with Crippen LogP contribution in [0.3, 0.4) is 0 Å². The minimum Gasteiger partial charge on any atom is -0.380 e. The number of sulfonamides is 1. The number of nitrogens with two attached hydrogens (primary N) is 1. The van der Waals surface area contributed by atoms with E-state index in [0.717, 1.165) is 4.88 Å². The zero-order valence-electron chi connectivity index (χ0n) is 10.0. The molecule has 7 heteroatoms. The van der Waals surface area contributed by atoms with E-state index in [0.29, 0.717) is 31.2 Å². The fourth-order valence-corrected chi connectivity index (χ4v) is 3.54. The van der Waals surface area contributed by atoms with Gasteiger partial charge in [-0.1, -0.05) is 0 Å². The summed E-state index contributed by atoms with van der Waals surface area (Å²) in [7, 11) is -1.85. The van der Waals surface area contributed by atoms with E-state index in [1.807, 2.05) is 6.92 Å². The van der Waals surface area contributed by atoms with Crippen LogP contribution in [0.25, 0.3) is 0 Å². The molecule has 0 amide bonds. The van der Waals surface area contributed by atoms with Crippen molar-refractivity contribution < 1.29 is 13.2 Å². The summed E-state index contributed by atoms with van der Waals surface area (Å²) in [5, 5.41) is 1.62. The predicted molar refractivity (Wildman–Crippen MR) is 68.5 cm³/mol. The summed E-state index contributed by atoms with van der Waals surface area (Å²) in [6.45, 7) is 3.58. The molecule has 0 bridgehead atoms. The number of nitrogens with zero attached hydrogens (tertiary/aromatic N) is 1. The van der Waals surface area contributed by atoms with Crippen molar-refractivity contribution in [1.82, 2.24) is 4.31 Å². The van der Waals surface area contributed by atoms with Gasteiger partial charge in [0.15, 0.2) is 0 Å². The lowest BCUT2D eigenvalue weighted by Gasteiger charge is -2.15. The van der Waals surface area contributed by atoms with E-state index in [9.17, 15) is 8.42 Å². The highest BCUT2D eigenvalue weighted by Crippen LogP contribution is 2.21. The van der Waals surface area contributed by atoms with E-state index >= 15 is 0 Å². The Morgan fingerprint density at radius 1 is 1.53 bits per heavy atom. The van der Waals surface area contributed by atoms with Crippen LogP contribution >= 0.6 is 11.3 Å². The molecule has 98 valence electrons. The molecule has 0 aromatic carbocycles. The van der Waals surface area contributed by atoms with Gasteiger partial charge in [-0.2, -0.15) is 4.31 Å². The molecule has 0 radical (unpaired) electrons. The second-order valence-corrected chi connectivity index (χ2v) is 6.52. The van der Waals surface area contributed by atoms with Gasteiger partial charge in [-0.15, -0.1) is 11.3 Å². The number of hydrogen-bond donors (Lipinski definition) is 1. The summed E-state index contributed by atoms with van der Waals surface area (Å²) >= 11 is 1.36. The Balaban J connectivity index is 2.73. The molecule has 0 aliphatic heterocycles. The van der Waals surface area contributed by atoms with Crippen LogP contribution in [-0.2, 0) is 21.3 Å². The summed E-state index contributed by atoms with van der Waals surface area (Å²) in [6.07, 6.45) is 0. The van der Waals surface area contributed by atoms with E-state index in [-0.39, 0.29) is 0 Å². The van der Waals surface area contributed by atoms with Gasteiger partial charge in [-0.3, -0.25) is 0 Å². The molecule has 1 heterocycles. The average Bonchev–Trinajstić information content (AvgIpc) is 2.78. The van der Waals surface area contributed by atoms with Crippen LogP contribution in [0.5, 0.6) is 0 Å². The first kappa shape index (κ1) is 14.6. The zero-order valence-corrected chi connectivity index (χ0v) is 11.7. The average molecular weight is 278 g/mol. The molecule has 5 nitrogen and oxygen atoms in total. The Morgan fingerprint density at radius 3 is 2.76 bits per heavy atom. The quantitative estimate of drug-likeness (QED) is 0.751. The van der Waals surface area contributed by atoms with Gasteiger partial charge in [-0.05, 0) is 13.0 Å². The molecule has 0 unspecified atom stereocenters. The maximum absolute atomic E-state index is 12.1. The lowest BCUT2D eigenvalue weighted by molar-refractivity contribution is 0.138. The Kier molecular flexibility index (Phi) is 5.54. The van der Waals surface area contributed by atoms with Crippen molar-refractivity contribution in [2.45, 2.75) is 18.4 Å². The molecule has 17 heavy (non-hydrogen) atoms. The maximum Gasteiger partial charge on any atom is 0.243 e. The molecular weight excluding hydrogens is 260 g/mol. The molecule has 0 aliphatic carbocycles. The van der Waals surface area contributed by atoms with Crippen molar-refractivity contribution in [3.63, 3.8) is 0 Å². The molecule has 1 rings (SSSR count). The predicted octanol–water partition coefficient (Wildman–Crippen LogP) is 0.864. The number of hydrogen-bond acceptors (Lipinski definition) is 5. The van der Waals surface area contributed by atoms with Crippen LogP contribution in [0.4, 0.5) is 0 Å². The smallest absolute Gasteiger partial charge is 0.243 e. The normalized spacial score (nSPS) is 12.2. The number of rotatable bonds is 7. The van der Waals surface area contributed by atoms with Crippen molar-refractivity contribution in [3.05, 3.63) is 16.3 Å². The van der Waals surface area contributed by atoms with Crippen molar-refractivity contribution in [3.8, 4) is 0 Å². The van der Waals surface area contributed by atoms with Crippen LogP contribution in [0, 0.1) is 0 Å². The second kappa shape index (κ2) is 6.46. The lowest BCUT2D eigenvalue weighted by atomic mass is 10.5. The molecule has 0 aliphatic rings. The Bertz CT molecular complexity index is 442. The molecule has 1 aromatic heterocycles. The minimum absolute atomic E-state index is 0.307. The van der Waals surface area contributed by atoms with Gasteiger partial charge in [0, 0.05) is 37.0 Å². The van der Waals surface area contributed by atoms with Gasteiger partial charge in [-0.25, -0.2) is 8.42 Å². The third-order valence-electron chi connectivity index (χ3n) is 2.29. The molecule has 0 spiro atoms. The monoisotopic (exact) mass is 278 g/mol. The second-order valence-electron chi connectivity index (χ2n) is 3.48. The maximum atomic E-state index is 12.1. The first-order valence-electron chi connectivity index (χ1n) is 5.34. The summed E-state index contributed by atoms with van der Waals surface area (Å²) < 4.78 is 30.6. The third-order valence-corrected chi connectivity index (χ3v) is 5.24. The molecule has 0 saturated carbocycles. The molecule has 2 N–H and O–H groups in total. The minimum atomic E-state index is -3.40. The Morgan fingerprint density at radius 2 is 2.24 bits per heavy atom. The van der Waals surface area contributed by atoms with Crippen LogP contribution in [0.15, 0.2) is 16.3 Å². The molecule has 1 aromatic rings. The van der Waals surface area contributed by atoms with Gasteiger partial charge >= 0.3 is 0 Å². The summed E-state index contributed by atoms with van der Waals surface area (Å²) in [6, 6.07) is 1.62. The van der Waals surface area contributed by atoms with Gasteiger partial charge < -0.3 is 10.5 Å². The number of likely N-dealkylation sites (N-methyl/N-ethyl adjacent to an activating group) is 1. The fourth-order valence-electron chi connectivity index (χ4n) is 1.24. The molecule has 0 fully saturated rings. The summed E-state index contributed by atoms with van der Waals surface area (Å²) in [4.78, 5) is 1.17. The van der Waals surface area contributed by atoms with E-state index in [2.05, 4.69) is 0 Å². The van der Waals surface area contributed by atoms with Crippen molar-refractivity contribution in [2.24, 2.45) is 5.73 Å². The van der Waals surface area contributed by atoms with E-state index in [4.69, 9.17) is 10.5 Å². The van der Waals surface area contributed by atoms with Crippen LogP contribution < -0.4 is 5.73 Å². The topological polar surface area (TPSA) is 72.6 Å². The number of thiophene rings is 1. The highest BCUT2D eigenvalue weighted by atomic mass is 32.2. The van der Waals surface area contributed by atoms with Crippen molar-refractivity contribution >= 4 is 21.4 Å². The molecular formula is C10H18N2O3S2. The first-order chi connectivity index (χ1) is 8.02. The third kappa shape index (κ3) is 3.75. The van der Waals surface area contributed by atoms with Crippen molar-refractivity contribution in [2.75, 3.05) is 26.8 Å². The highest BCUT2D eigenvalue weighted by molar-refractivity contribution is 7.89. The van der Waals surface area contributed by atoms with E-state index < -0.39 is 10.0 Å². The SMILES string of the molecule is CCOCCN(C)S(=O)(=O)c1csc(CN)c1. The van der Waals surface area contributed by atoms with Crippen molar-refractivity contribution in [1.29, 1.82) is 0 Å². The molecule has 0 atom stereocenters. The lowest BCUT2D eigenvalue weighted by Crippen LogP contribution is -2.30. The van der Waals surface area contributed by atoms with E-state index in [1.54, 1.807) is 18.5 Å². The van der Waals surface area contributed by atoms with Crippen LogP contribution in [0.2, 0.25) is 0 Å². The van der Waals surface area contributed by atoms with Crippen LogP contribution in [-0.4, -0.2) is 39.5 Å². The zero-order chi connectivity index (χ0) is 12.9. The summed E-state index contributed by atoms with van der Waals surface area (Å²) in [5.41, 5.74) is 5.46. The van der Waals surface area contributed by atoms with E-state index in [1.165, 1.54) is 15.6 Å².